The standard InChI is InChI=1S/C21H22ClN3O4/c1-12-23-24-21-18(9-10-26)29-19(14-5-4-6-17(27-2)20(14)28-3)15-11-13(22)7-8-16(15)25(12)21/h4-8,11,18-19,26H,9-10H2,1-3H3. The van der Waals surface area contributed by atoms with Gasteiger partial charge in [-0.25, -0.2) is 0 Å². The number of methoxy groups -OCH3 is 2. The van der Waals surface area contributed by atoms with E-state index in [9.17, 15) is 5.11 Å². The second-order valence-corrected chi connectivity index (χ2v) is 7.18. The van der Waals surface area contributed by atoms with Gasteiger partial charge in [0.2, 0.25) is 0 Å². The van der Waals surface area contributed by atoms with Gasteiger partial charge in [0.25, 0.3) is 0 Å². The van der Waals surface area contributed by atoms with E-state index in [0.29, 0.717) is 28.8 Å². The molecule has 4 rings (SSSR count). The van der Waals surface area contributed by atoms with Gasteiger partial charge in [-0.05, 0) is 31.2 Å². The normalized spacial score (nSPS) is 18.0. The number of para-hydroxylation sites is 1. The quantitative estimate of drug-likeness (QED) is 0.683. The van der Waals surface area contributed by atoms with Crippen molar-refractivity contribution in [1.82, 2.24) is 14.8 Å². The summed E-state index contributed by atoms with van der Waals surface area (Å²) in [5.41, 5.74) is 2.53. The van der Waals surface area contributed by atoms with Crippen LogP contribution in [0.2, 0.25) is 5.02 Å². The summed E-state index contributed by atoms with van der Waals surface area (Å²) in [6.07, 6.45) is -0.595. The number of aliphatic hydroxyl groups excluding tert-OH is 1. The highest BCUT2D eigenvalue weighted by Gasteiger charge is 2.34. The topological polar surface area (TPSA) is 78.6 Å². The summed E-state index contributed by atoms with van der Waals surface area (Å²) in [6, 6.07) is 11.3. The minimum absolute atomic E-state index is 0.0460. The van der Waals surface area contributed by atoms with Crippen molar-refractivity contribution in [2.45, 2.75) is 25.6 Å². The van der Waals surface area contributed by atoms with Crippen LogP contribution in [0.1, 0.15) is 41.4 Å². The van der Waals surface area contributed by atoms with E-state index in [2.05, 4.69) is 10.2 Å². The van der Waals surface area contributed by atoms with E-state index < -0.39 is 12.2 Å². The predicted octanol–water partition coefficient (Wildman–Crippen LogP) is 3.79. The predicted molar refractivity (Wildman–Crippen MR) is 108 cm³/mol. The Balaban J connectivity index is 1.98. The van der Waals surface area contributed by atoms with Gasteiger partial charge in [0, 0.05) is 29.2 Å². The summed E-state index contributed by atoms with van der Waals surface area (Å²) in [6.45, 7) is 1.84. The number of hydrogen-bond acceptors (Lipinski definition) is 6. The number of fused-ring (bicyclic) bond motifs is 3. The molecule has 2 unspecified atom stereocenters. The fourth-order valence-corrected chi connectivity index (χ4v) is 3.98. The highest BCUT2D eigenvalue weighted by atomic mass is 35.5. The zero-order valence-corrected chi connectivity index (χ0v) is 17.2. The fraction of sp³-hybridized carbons (Fsp3) is 0.333. The molecule has 0 amide bonds. The monoisotopic (exact) mass is 415 g/mol. The molecule has 1 aliphatic heterocycles. The number of rotatable bonds is 5. The number of nitrogens with zero attached hydrogens (tertiary/aromatic N) is 3. The minimum atomic E-state index is -0.508. The van der Waals surface area contributed by atoms with Gasteiger partial charge in [-0.3, -0.25) is 4.57 Å². The van der Waals surface area contributed by atoms with E-state index in [1.807, 2.05) is 47.9 Å². The maximum atomic E-state index is 9.64. The molecule has 1 N–H and O–H groups in total. The van der Waals surface area contributed by atoms with Crippen LogP contribution < -0.4 is 9.47 Å². The van der Waals surface area contributed by atoms with Crippen molar-refractivity contribution in [3.05, 3.63) is 64.2 Å². The molecule has 2 heterocycles. The molecular weight excluding hydrogens is 394 g/mol. The van der Waals surface area contributed by atoms with Crippen LogP contribution in [0.4, 0.5) is 0 Å². The van der Waals surface area contributed by atoms with Crippen molar-refractivity contribution >= 4 is 11.6 Å². The smallest absolute Gasteiger partial charge is 0.166 e. The maximum absolute atomic E-state index is 9.64. The van der Waals surface area contributed by atoms with Crippen molar-refractivity contribution < 1.29 is 19.3 Å². The van der Waals surface area contributed by atoms with Crippen LogP contribution in [0.3, 0.4) is 0 Å². The number of aromatic nitrogens is 3. The lowest BCUT2D eigenvalue weighted by molar-refractivity contribution is -0.00985. The summed E-state index contributed by atoms with van der Waals surface area (Å²) in [5.74, 6) is 2.57. The molecule has 1 aromatic heterocycles. The Morgan fingerprint density at radius 2 is 1.97 bits per heavy atom. The van der Waals surface area contributed by atoms with Crippen LogP contribution in [-0.4, -0.2) is 40.7 Å². The molecule has 2 aromatic carbocycles. The van der Waals surface area contributed by atoms with Crippen molar-refractivity contribution in [2.24, 2.45) is 0 Å². The van der Waals surface area contributed by atoms with Gasteiger partial charge < -0.3 is 19.3 Å². The summed E-state index contributed by atoms with van der Waals surface area (Å²) in [5, 5.41) is 18.8. The first-order valence-electron chi connectivity index (χ1n) is 9.28. The third kappa shape index (κ3) is 3.35. The molecule has 0 bridgehead atoms. The van der Waals surface area contributed by atoms with E-state index >= 15 is 0 Å². The van der Waals surface area contributed by atoms with E-state index in [1.54, 1.807) is 14.2 Å². The molecule has 0 fully saturated rings. The third-order valence-corrected chi connectivity index (χ3v) is 5.29. The molecule has 0 saturated heterocycles. The molecule has 7 nitrogen and oxygen atoms in total. The average Bonchev–Trinajstić information content (AvgIpc) is 3.05. The van der Waals surface area contributed by atoms with E-state index in [1.165, 1.54) is 0 Å². The summed E-state index contributed by atoms with van der Waals surface area (Å²) >= 11 is 6.36. The van der Waals surface area contributed by atoms with Crippen LogP contribution in [0.5, 0.6) is 11.5 Å². The Morgan fingerprint density at radius 3 is 2.69 bits per heavy atom. The molecule has 1 aliphatic rings. The van der Waals surface area contributed by atoms with Crippen molar-refractivity contribution in [3.63, 3.8) is 0 Å². The lowest BCUT2D eigenvalue weighted by Gasteiger charge is -2.24. The molecule has 2 atom stereocenters. The second-order valence-electron chi connectivity index (χ2n) is 6.74. The van der Waals surface area contributed by atoms with E-state index in [0.717, 1.165) is 22.6 Å². The molecule has 152 valence electrons. The number of ether oxygens (including phenoxy) is 3. The first-order valence-corrected chi connectivity index (χ1v) is 9.65. The van der Waals surface area contributed by atoms with Crippen LogP contribution in [0.25, 0.3) is 5.69 Å². The molecule has 0 saturated carbocycles. The number of hydrogen-bond donors (Lipinski definition) is 1. The first kappa shape index (κ1) is 19.7. The zero-order chi connectivity index (χ0) is 20.5. The van der Waals surface area contributed by atoms with Gasteiger partial charge in [0.05, 0.1) is 19.9 Å². The lowest BCUT2D eigenvalue weighted by atomic mass is 9.98. The number of benzene rings is 2. The molecule has 3 aromatic rings. The van der Waals surface area contributed by atoms with Gasteiger partial charge >= 0.3 is 0 Å². The Kier molecular flexibility index (Phi) is 5.45. The molecule has 0 radical (unpaired) electrons. The Morgan fingerprint density at radius 1 is 1.14 bits per heavy atom. The van der Waals surface area contributed by atoms with Crippen LogP contribution in [-0.2, 0) is 4.74 Å². The van der Waals surface area contributed by atoms with Crippen LogP contribution >= 0.6 is 11.6 Å². The minimum Gasteiger partial charge on any atom is -0.493 e. The largest absolute Gasteiger partial charge is 0.493 e. The van der Waals surface area contributed by atoms with Gasteiger partial charge in [-0.15, -0.1) is 10.2 Å². The molecule has 0 spiro atoms. The Hall–Kier alpha value is -2.61. The molecule has 8 heteroatoms. The van der Waals surface area contributed by atoms with E-state index in [4.69, 9.17) is 25.8 Å². The summed E-state index contributed by atoms with van der Waals surface area (Å²) in [7, 11) is 3.20. The average molecular weight is 416 g/mol. The van der Waals surface area contributed by atoms with Gasteiger partial charge in [-0.2, -0.15) is 0 Å². The van der Waals surface area contributed by atoms with Gasteiger partial charge in [-0.1, -0.05) is 23.7 Å². The summed E-state index contributed by atoms with van der Waals surface area (Å²) < 4.78 is 19.6. The molecular formula is C21H22ClN3O4. The lowest BCUT2D eigenvalue weighted by Crippen LogP contribution is -2.14. The second kappa shape index (κ2) is 8.02. The Bertz CT molecular complexity index is 1040. The highest BCUT2D eigenvalue weighted by Crippen LogP contribution is 2.46. The SMILES string of the molecule is COc1cccc(C2OC(CCO)c3nnc(C)n3-c3ccc(Cl)cc32)c1OC. The summed E-state index contributed by atoms with van der Waals surface area (Å²) in [4.78, 5) is 0. The van der Waals surface area contributed by atoms with Crippen LogP contribution in [0, 0.1) is 6.92 Å². The van der Waals surface area contributed by atoms with E-state index in [-0.39, 0.29) is 6.61 Å². The van der Waals surface area contributed by atoms with Gasteiger partial charge in [0.1, 0.15) is 18.0 Å². The van der Waals surface area contributed by atoms with Crippen molar-refractivity contribution in [2.75, 3.05) is 20.8 Å². The van der Waals surface area contributed by atoms with Crippen molar-refractivity contribution in [1.29, 1.82) is 0 Å². The maximum Gasteiger partial charge on any atom is 0.166 e. The zero-order valence-electron chi connectivity index (χ0n) is 16.4. The number of aliphatic hydroxyl groups is 1. The molecule has 29 heavy (non-hydrogen) atoms. The third-order valence-electron chi connectivity index (χ3n) is 5.06. The van der Waals surface area contributed by atoms with Gasteiger partial charge in [0.15, 0.2) is 17.3 Å². The fourth-order valence-electron chi connectivity index (χ4n) is 3.80. The Labute approximate surface area is 173 Å². The highest BCUT2D eigenvalue weighted by molar-refractivity contribution is 6.30. The van der Waals surface area contributed by atoms with Crippen molar-refractivity contribution in [3.8, 4) is 17.2 Å². The number of aryl methyl sites for hydroxylation is 1. The number of halogens is 1. The van der Waals surface area contributed by atoms with Crippen LogP contribution in [0.15, 0.2) is 36.4 Å². The first-order chi connectivity index (χ1) is 14.1. The molecule has 0 aliphatic carbocycles.